The van der Waals surface area contributed by atoms with Crippen LogP contribution in [0.25, 0.3) is 0 Å². The van der Waals surface area contributed by atoms with Gasteiger partial charge in [-0.1, -0.05) is 0 Å². The number of nitrogens with zero attached hydrogens (tertiary/aromatic N) is 1. The second-order valence-electron chi connectivity index (χ2n) is 0.952. The Morgan fingerprint density at radius 1 is 1.83 bits per heavy atom. The molecule has 1 N–H and O–H groups in total. The fraction of sp³-hybridized carbons (Fsp3) is 0.750. The average molecular weight is 86.1 g/mol. The van der Waals surface area contributed by atoms with Gasteiger partial charge in [-0.2, -0.15) is 0 Å². The quantitative estimate of drug-likeness (QED) is 0.479. The van der Waals surface area contributed by atoms with E-state index in [1.165, 1.54) is 0 Å². The van der Waals surface area contributed by atoms with Crippen molar-refractivity contribution >= 4 is 6.21 Å². The minimum atomic E-state index is 0.733. The molecule has 0 aromatic rings. The molecule has 0 aliphatic heterocycles. The Labute approximate surface area is 38.3 Å². The van der Waals surface area contributed by atoms with E-state index in [1.807, 2.05) is 14.0 Å². The summed E-state index contributed by atoms with van der Waals surface area (Å²) in [6.45, 7) is 2.63. The van der Waals surface area contributed by atoms with Crippen LogP contribution >= 0.6 is 0 Å². The Kier molecular flexibility index (Phi) is 4.34. The lowest BCUT2D eigenvalue weighted by atomic mass is 10.9. The predicted octanol–water partition coefficient (Wildman–Crippen LogP) is 0.254. The molecule has 0 rings (SSSR count). The minimum Gasteiger partial charge on any atom is -0.301 e. The van der Waals surface area contributed by atoms with Crippen LogP contribution in [0.1, 0.15) is 6.92 Å². The smallest absolute Gasteiger partial charge is 0.0877 e. The van der Waals surface area contributed by atoms with E-state index >= 15 is 0 Å². The minimum absolute atomic E-state index is 0.733. The van der Waals surface area contributed by atoms with Crippen molar-refractivity contribution in [2.45, 2.75) is 6.92 Å². The highest BCUT2D eigenvalue weighted by atomic mass is 15.0. The molecule has 2 nitrogen and oxygen atoms in total. The molecule has 0 saturated carbocycles. The first-order chi connectivity index (χ1) is 2.91. The van der Waals surface area contributed by atoms with Crippen LogP contribution in [0.4, 0.5) is 0 Å². The standard InChI is InChI=1S/C4H10N2/c1-3-6-4-5-2/h3,5H,4H2,1-2H3. The monoisotopic (exact) mass is 86.1 g/mol. The third-order valence-corrected chi connectivity index (χ3v) is 0.432. The van der Waals surface area contributed by atoms with Gasteiger partial charge >= 0.3 is 0 Å². The maximum absolute atomic E-state index is 3.85. The summed E-state index contributed by atoms with van der Waals surface area (Å²) in [4.78, 5) is 3.85. The maximum atomic E-state index is 3.85. The molecule has 0 atom stereocenters. The number of rotatable bonds is 2. The van der Waals surface area contributed by atoms with Gasteiger partial charge in [-0.3, -0.25) is 4.99 Å². The lowest BCUT2D eigenvalue weighted by molar-refractivity contribution is 0.837. The highest BCUT2D eigenvalue weighted by Crippen LogP contribution is 1.53. The van der Waals surface area contributed by atoms with Gasteiger partial charge in [0.15, 0.2) is 0 Å². The summed E-state index contributed by atoms with van der Waals surface area (Å²) in [7, 11) is 1.87. The second kappa shape index (κ2) is 4.63. The highest BCUT2D eigenvalue weighted by molar-refractivity contribution is 5.52. The average Bonchev–Trinajstić information content (AvgIpc) is 1.61. The zero-order valence-electron chi connectivity index (χ0n) is 4.23. The van der Waals surface area contributed by atoms with Crippen LogP contribution in [0.5, 0.6) is 0 Å². The van der Waals surface area contributed by atoms with Crippen molar-refractivity contribution in [1.29, 1.82) is 0 Å². The molecule has 0 spiro atoms. The third-order valence-electron chi connectivity index (χ3n) is 0.432. The highest BCUT2D eigenvalue weighted by Gasteiger charge is 1.60. The molecule has 0 fully saturated rings. The summed E-state index contributed by atoms with van der Waals surface area (Å²) in [6.07, 6.45) is 1.77. The van der Waals surface area contributed by atoms with Crippen LogP contribution in [-0.2, 0) is 0 Å². The number of nitrogens with one attached hydrogen (secondary N) is 1. The lowest BCUT2D eigenvalue weighted by Crippen LogP contribution is -2.03. The van der Waals surface area contributed by atoms with E-state index in [-0.39, 0.29) is 0 Å². The zero-order chi connectivity index (χ0) is 4.83. The van der Waals surface area contributed by atoms with Gasteiger partial charge in [0.2, 0.25) is 0 Å². The van der Waals surface area contributed by atoms with E-state index in [9.17, 15) is 0 Å². The molecule has 0 saturated heterocycles. The van der Waals surface area contributed by atoms with Crippen molar-refractivity contribution in [3.05, 3.63) is 0 Å². The molecule has 0 bridgehead atoms. The van der Waals surface area contributed by atoms with E-state index in [2.05, 4.69) is 10.3 Å². The van der Waals surface area contributed by atoms with E-state index in [0.29, 0.717) is 0 Å². The molecule has 36 valence electrons. The van der Waals surface area contributed by atoms with E-state index in [0.717, 1.165) is 6.67 Å². The summed E-state index contributed by atoms with van der Waals surface area (Å²) in [6, 6.07) is 0. The van der Waals surface area contributed by atoms with Crippen LogP contribution in [-0.4, -0.2) is 19.9 Å². The number of hydrogen-bond donors (Lipinski definition) is 1. The molecular weight excluding hydrogens is 76.1 g/mol. The summed E-state index contributed by atoms with van der Waals surface area (Å²) < 4.78 is 0. The van der Waals surface area contributed by atoms with Gasteiger partial charge in [-0.15, -0.1) is 0 Å². The molecule has 0 amide bonds. The van der Waals surface area contributed by atoms with Crippen molar-refractivity contribution in [1.82, 2.24) is 5.32 Å². The van der Waals surface area contributed by atoms with Gasteiger partial charge in [-0.05, 0) is 20.2 Å². The van der Waals surface area contributed by atoms with Gasteiger partial charge in [0.25, 0.3) is 0 Å². The molecule has 2 heteroatoms. The first-order valence-corrected chi connectivity index (χ1v) is 2.01. The summed E-state index contributed by atoms with van der Waals surface area (Å²) in [5.41, 5.74) is 0. The fourth-order valence-corrected chi connectivity index (χ4v) is 0.183. The number of hydrogen-bond acceptors (Lipinski definition) is 2. The first kappa shape index (κ1) is 5.63. The Hall–Kier alpha value is -0.370. The van der Waals surface area contributed by atoms with Gasteiger partial charge in [-0.25, -0.2) is 0 Å². The molecule has 0 aromatic carbocycles. The SMILES string of the molecule is CC=NCNC. The van der Waals surface area contributed by atoms with Crippen LogP contribution in [0.15, 0.2) is 4.99 Å². The van der Waals surface area contributed by atoms with Crippen LogP contribution in [0.3, 0.4) is 0 Å². The molecule has 0 aliphatic rings. The molecule has 0 heterocycles. The Balaban J connectivity index is 2.66. The first-order valence-electron chi connectivity index (χ1n) is 2.01. The van der Waals surface area contributed by atoms with Crippen molar-refractivity contribution < 1.29 is 0 Å². The zero-order valence-corrected chi connectivity index (χ0v) is 4.23. The largest absolute Gasteiger partial charge is 0.301 e. The Morgan fingerprint density at radius 3 is 2.67 bits per heavy atom. The molecule has 0 aromatic heterocycles. The van der Waals surface area contributed by atoms with Gasteiger partial charge < -0.3 is 5.32 Å². The van der Waals surface area contributed by atoms with E-state index in [1.54, 1.807) is 6.21 Å². The molecule has 0 aliphatic carbocycles. The van der Waals surface area contributed by atoms with Gasteiger partial charge in [0.1, 0.15) is 0 Å². The van der Waals surface area contributed by atoms with E-state index < -0.39 is 0 Å². The summed E-state index contributed by atoms with van der Waals surface area (Å²) in [5.74, 6) is 0. The Morgan fingerprint density at radius 2 is 2.50 bits per heavy atom. The van der Waals surface area contributed by atoms with Crippen molar-refractivity contribution in [2.24, 2.45) is 4.99 Å². The maximum Gasteiger partial charge on any atom is 0.0877 e. The molecular formula is C4H10N2. The summed E-state index contributed by atoms with van der Waals surface area (Å²) >= 11 is 0. The van der Waals surface area contributed by atoms with Crippen LogP contribution in [0.2, 0.25) is 0 Å². The molecule has 0 radical (unpaired) electrons. The van der Waals surface area contributed by atoms with Crippen LogP contribution in [0, 0.1) is 0 Å². The summed E-state index contributed by atoms with van der Waals surface area (Å²) in [5, 5.41) is 2.87. The lowest BCUT2D eigenvalue weighted by Gasteiger charge is -1.82. The van der Waals surface area contributed by atoms with Crippen molar-refractivity contribution in [3.8, 4) is 0 Å². The molecule has 0 unspecified atom stereocenters. The topological polar surface area (TPSA) is 24.4 Å². The normalized spacial score (nSPS) is 10.3. The van der Waals surface area contributed by atoms with Gasteiger partial charge in [0, 0.05) is 0 Å². The Bertz CT molecular complexity index is 40.8. The predicted molar refractivity (Wildman–Crippen MR) is 28.1 cm³/mol. The van der Waals surface area contributed by atoms with Crippen LogP contribution < -0.4 is 5.32 Å². The van der Waals surface area contributed by atoms with Crippen molar-refractivity contribution in [3.63, 3.8) is 0 Å². The second-order valence-corrected chi connectivity index (χ2v) is 0.952. The van der Waals surface area contributed by atoms with Crippen molar-refractivity contribution in [2.75, 3.05) is 13.7 Å². The number of aliphatic imine (C=N–C) groups is 1. The van der Waals surface area contributed by atoms with Gasteiger partial charge in [0.05, 0.1) is 6.67 Å². The molecule has 6 heavy (non-hydrogen) atoms. The van der Waals surface area contributed by atoms with E-state index in [4.69, 9.17) is 0 Å². The third kappa shape index (κ3) is 3.63. The fourth-order valence-electron chi connectivity index (χ4n) is 0.183.